The Kier molecular flexibility index (Phi) is 3.72. The summed E-state index contributed by atoms with van der Waals surface area (Å²) in [5, 5.41) is 3.52. The van der Waals surface area contributed by atoms with Gasteiger partial charge in [0.25, 0.3) is 5.91 Å². The molecule has 1 heterocycles. The lowest BCUT2D eigenvalue weighted by molar-refractivity contribution is -0.0161. The number of amides is 1. The third-order valence-corrected chi connectivity index (χ3v) is 5.09. The SMILES string of the molecule is NC1C2CCOC2C1NC(=O)c1cc(Cl)ccc1I. The van der Waals surface area contributed by atoms with E-state index in [0.29, 0.717) is 16.5 Å². The molecule has 3 rings (SSSR count). The molecule has 102 valence electrons. The summed E-state index contributed by atoms with van der Waals surface area (Å²) in [7, 11) is 0. The molecule has 2 aliphatic rings. The highest BCUT2D eigenvalue weighted by atomic mass is 127. The first-order valence-electron chi connectivity index (χ1n) is 6.21. The van der Waals surface area contributed by atoms with Gasteiger partial charge in [-0.15, -0.1) is 0 Å². The van der Waals surface area contributed by atoms with Crippen LogP contribution in [0.25, 0.3) is 0 Å². The molecule has 0 radical (unpaired) electrons. The highest BCUT2D eigenvalue weighted by Crippen LogP contribution is 2.37. The third kappa shape index (κ3) is 2.37. The second-order valence-electron chi connectivity index (χ2n) is 4.99. The van der Waals surface area contributed by atoms with Crippen molar-refractivity contribution in [3.05, 3.63) is 32.4 Å². The van der Waals surface area contributed by atoms with Crippen molar-refractivity contribution in [2.24, 2.45) is 11.7 Å². The number of carbonyl (C=O) groups excluding carboxylic acids is 1. The zero-order chi connectivity index (χ0) is 13.6. The van der Waals surface area contributed by atoms with E-state index >= 15 is 0 Å². The standard InChI is InChI=1S/C13H14ClIN2O2/c14-6-1-2-9(15)8(5-6)13(18)17-11-10(16)7-3-4-19-12(7)11/h1-2,5,7,10-12H,3-4,16H2,(H,17,18). The fourth-order valence-corrected chi connectivity index (χ4v) is 3.58. The fourth-order valence-electron chi connectivity index (χ4n) is 2.83. The number of fused-ring (bicyclic) bond motifs is 1. The van der Waals surface area contributed by atoms with Gasteiger partial charge in [-0.2, -0.15) is 0 Å². The minimum atomic E-state index is -0.138. The summed E-state index contributed by atoms with van der Waals surface area (Å²) < 4.78 is 6.47. The Bertz CT molecular complexity index is 525. The first kappa shape index (κ1) is 13.6. The quantitative estimate of drug-likeness (QED) is 0.754. The molecule has 4 unspecified atom stereocenters. The van der Waals surface area contributed by atoms with Crippen molar-refractivity contribution >= 4 is 40.1 Å². The first-order chi connectivity index (χ1) is 9.08. The van der Waals surface area contributed by atoms with Crippen LogP contribution in [0.2, 0.25) is 5.02 Å². The van der Waals surface area contributed by atoms with Crippen molar-refractivity contribution in [2.75, 3.05) is 6.61 Å². The topological polar surface area (TPSA) is 64.3 Å². The molecule has 1 saturated heterocycles. The minimum absolute atomic E-state index is 0.00621. The van der Waals surface area contributed by atoms with Crippen LogP contribution in [-0.2, 0) is 4.74 Å². The summed E-state index contributed by atoms with van der Waals surface area (Å²) in [5.41, 5.74) is 6.66. The molecule has 1 aliphatic carbocycles. The van der Waals surface area contributed by atoms with Crippen LogP contribution in [0.4, 0.5) is 0 Å². The number of rotatable bonds is 2. The number of hydrogen-bond donors (Lipinski definition) is 2. The van der Waals surface area contributed by atoms with Crippen molar-refractivity contribution in [3.8, 4) is 0 Å². The van der Waals surface area contributed by atoms with Gasteiger partial charge in [0.15, 0.2) is 0 Å². The van der Waals surface area contributed by atoms with Gasteiger partial charge in [0, 0.05) is 27.2 Å². The van der Waals surface area contributed by atoms with E-state index in [4.69, 9.17) is 22.1 Å². The molecular formula is C13H14ClIN2O2. The van der Waals surface area contributed by atoms with Gasteiger partial charge in [-0.1, -0.05) is 11.6 Å². The molecule has 6 heteroatoms. The lowest BCUT2D eigenvalue weighted by Gasteiger charge is -2.45. The van der Waals surface area contributed by atoms with E-state index in [1.807, 2.05) is 6.07 Å². The van der Waals surface area contributed by atoms with E-state index in [-0.39, 0.29) is 24.1 Å². The Morgan fingerprint density at radius 2 is 2.32 bits per heavy atom. The Balaban J connectivity index is 1.73. The molecule has 19 heavy (non-hydrogen) atoms. The monoisotopic (exact) mass is 392 g/mol. The summed E-state index contributed by atoms with van der Waals surface area (Å²) in [5.74, 6) is 0.255. The largest absolute Gasteiger partial charge is 0.376 e. The number of hydrogen-bond acceptors (Lipinski definition) is 3. The second kappa shape index (κ2) is 5.20. The number of nitrogens with one attached hydrogen (secondary N) is 1. The van der Waals surface area contributed by atoms with Crippen LogP contribution in [0.15, 0.2) is 18.2 Å². The van der Waals surface area contributed by atoms with Gasteiger partial charge < -0.3 is 15.8 Å². The Hall–Kier alpha value is -0.370. The average molecular weight is 393 g/mol. The lowest BCUT2D eigenvalue weighted by Crippen LogP contribution is -2.69. The molecule has 0 spiro atoms. The van der Waals surface area contributed by atoms with Gasteiger partial charge in [-0.05, 0) is 47.2 Å². The van der Waals surface area contributed by atoms with E-state index in [2.05, 4.69) is 27.9 Å². The zero-order valence-electron chi connectivity index (χ0n) is 10.1. The molecule has 4 atom stereocenters. The maximum absolute atomic E-state index is 12.3. The molecule has 1 saturated carbocycles. The third-order valence-electron chi connectivity index (χ3n) is 3.92. The van der Waals surface area contributed by atoms with E-state index in [9.17, 15) is 4.79 Å². The smallest absolute Gasteiger partial charge is 0.252 e. The highest BCUT2D eigenvalue weighted by Gasteiger charge is 2.52. The van der Waals surface area contributed by atoms with Crippen LogP contribution in [0.1, 0.15) is 16.8 Å². The summed E-state index contributed by atoms with van der Waals surface area (Å²) in [6.07, 6.45) is 1.07. The molecule has 1 aliphatic heterocycles. The van der Waals surface area contributed by atoms with E-state index in [1.165, 1.54) is 0 Å². The van der Waals surface area contributed by atoms with Gasteiger partial charge in [0.2, 0.25) is 0 Å². The Labute approximate surface area is 130 Å². The predicted molar refractivity (Wildman–Crippen MR) is 81.2 cm³/mol. The highest BCUT2D eigenvalue weighted by molar-refractivity contribution is 14.1. The number of nitrogens with two attached hydrogens (primary N) is 1. The van der Waals surface area contributed by atoms with Crippen LogP contribution >= 0.6 is 34.2 Å². The van der Waals surface area contributed by atoms with Crippen LogP contribution in [0.5, 0.6) is 0 Å². The maximum Gasteiger partial charge on any atom is 0.252 e. The molecule has 4 nitrogen and oxygen atoms in total. The number of ether oxygens (including phenoxy) is 1. The number of halogens is 2. The molecule has 0 bridgehead atoms. The zero-order valence-corrected chi connectivity index (χ0v) is 13.0. The Morgan fingerprint density at radius 3 is 3.11 bits per heavy atom. The molecule has 2 fully saturated rings. The summed E-state index contributed by atoms with van der Waals surface area (Å²) in [6, 6.07) is 5.18. The molecule has 1 aromatic carbocycles. The van der Waals surface area contributed by atoms with Crippen LogP contribution < -0.4 is 11.1 Å². The van der Waals surface area contributed by atoms with Crippen molar-refractivity contribution in [1.29, 1.82) is 0 Å². The van der Waals surface area contributed by atoms with Crippen molar-refractivity contribution in [3.63, 3.8) is 0 Å². The van der Waals surface area contributed by atoms with E-state index in [0.717, 1.165) is 16.6 Å². The summed E-state index contributed by atoms with van der Waals surface area (Å²) in [4.78, 5) is 12.3. The van der Waals surface area contributed by atoms with Crippen molar-refractivity contribution < 1.29 is 9.53 Å². The van der Waals surface area contributed by atoms with Gasteiger partial charge in [-0.25, -0.2) is 0 Å². The summed E-state index contributed by atoms with van der Waals surface area (Å²) in [6.45, 7) is 0.740. The normalized spacial score (nSPS) is 32.6. The Morgan fingerprint density at radius 1 is 1.53 bits per heavy atom. The lowest BCUT2D eigenvalue weighted by atomic mass is 9.72. The van der Waals surface area contributed by atoms with Crippen LogP contribution in [0, 0.1) is 9.49 Å². The van der Waals surface area contributed by atoms with E-state index < -0.39 is 0 Å². The van der Waals surface area contributed by atoms with E-state index in [1.54, 1.807) is 12.1 Å². The van der Waals surface area contributed by atoms with Crippen LogP contribution in [0.3, 0.4) is 0 Å². The molecular weight excluding hydrogens is 379 g/mol. The maximum atomic E-state index is 12.3. The number of benzene rings is 1. The van der Waals surface area contributed by atoms with Crippen LogP contribution in [-0.4, -0.2) is 30.7 Å². The molecule has 3 N–H and O–H groups in total. The van der Waals surface area contributed by atoms with Gasteiger partial charge >= 0.3 is 0 Å². The van der Waals surface area contributed by atoms with Gasteiger partial charge in [0.05, 0.1) is 17.7 Å². The second-order valence-corrected chi connectivity index (χ2v) is 6.59. The molecule has 1 aromatic rings. The molecule has 0 aromatic heterocycles. The summed E-state index contributed by atoms with van der Waals surface area (Å²) >= 11 is 8.05. The molecule has 1 amide bonds. The van der Waals surface area contributed by atoms with Gasteiger partial charge in [0.1, 0.15) is 0 Å². The number of carbonyl (C=O) groups is 1. The minimum Gasteiger partial charge on any atom is -0.376 e. The fraction of sp³-hybridized carbons (Fsp3) is 0.462. The first-order valence-corrected chi connectivity index (χ1v) is 7.66. The predicted octanol–water partition coefficient (Wildman–Crippen LogP) is 1.79. The van der Waals surface area contributed by atoms with Crippen molar-refractivity contribution in [2.45, 2.75) is 24.6 Å². The van der Waals surface area contributed by atoms with Gasteiger partial charge in [-0.3, -0.25) is 4.79 Å². The van der Waals surface area contributed by atoms with Crippen molar-refractivity contribution in [1.82, 2.24) is 5.32 Å². The average Bonchev–Trinajstić information content (AvgIpc) is 2.83.